The van der Waals surface area contributed by atoms with Crippen molar-refractivity contribution in [3.05, 3.63) is 57.6 Å². The summed E-state index contributed by atoms with van der Waals surface area (Å²) < 4.78 is 5.13. The van der Waals surface area contributed by atoms with Crippen LogP contribution in [0.2, 0.25) is 10.0 Å². The van der Waals surface area contributed by atoms with Gasteiger partial charge < -0.3 is 15.8 Å². The van der Waals surface area contributed by atoms with Crippen molar-refractivity contribution in [2.24, 2.45) is 0 Å². The monoisotopic (exact) mass is 324 g/mol. The number of nitrogens with one attached hydrogen (secondary N) is 1. The third-order valence-corrected chi connectivity index (χ3v) is 3.68. The number of benzene rings is 2. The Morgan fingerprint density at radius 1 is 1.29 bits per heavy atom. The third-order valence-electron chi connectivity index (χ3n) is 2.88. The molecular formula is C15H14Cl2N2O2. The summed E-state index contributed by atoms with van der Waals surface area (Å²) in [7, 11) is 1.59. The van der Waals surface area contributed by atoms with E-state index in [2.05, 4.69) is 5.32 Å². The molecule has 4 nitrogen and oxygen atoms in total. The fraction of sp³-hybridized carbons (Fsp3) is 0.133. The van der Waals surface area contributed by atoms with Crippen LogP contribution in [0, 0.1) is 0 Å². The highest BCUT2D eigenvalue weighted by atomic mass is 35.5. The first-order valence-corrected chi connectivity index (χ1v) is 6.92. The SMILES string of the molecule is COc1cccc(CNC(=O)c2cc(N)cc(Cl)c2Cl)c1. The number of rotatable bonds is 4. The molecule has 0 aliphatic carbocycles. The largest absolute Gasteiger partial charge is 0.497 e. The van der Waals surface area contributed by atoms with E-state index in [-0.39, 0.29) is 21.5 Å². The number of amides is 1. The molecule has 3 N–H and O–H groups in total. The Morgan fingerprint density at radius 2 is 2.05 bits per heavy atom. The van der Waals surface area contributed by atoms with Gasteiger partial charge in [-0.15, -0.1) is 0 Å². The minimum absolute atomic E-state index is 0.189. The van der Waals surface area contributed by atoms with Gasteiger partial charge in [0.25, 0.3) is 5.91 Å². The van der Waals surface area contributed by atoms with Gasteiger partial charge >= 0.3 is 0 Å². The standard InChI is InChI=1S/C15H14Cl2N2O2/c1-21-11-4-2-3-9(5-11)8-19-15(20)12-6-10(18)7-13(16)14(12)17/h2-7H,8,18H2,1H3,(H,19,20). The number of ether oxygens (including phenoxy) is 1. The number of methoxy groups -OCH3 is 1. The number of carbonyl (C=O) groups excluding carboxylic acids is 1. The third kappa shape index (κ3) is 3.80. The van der Waals surface area contributed by atoms with E-state index in [0.29, 0.717) is 12.2 Å². The smallest absolute Gasteiger partial charge is 0.253 e. The molecule has 0 unspecified atom stereocenters. The highest BCUT2D eigenvalue weighted by Gasteiger charge is 2.14. The number of carbonyl (C=O) groups is 1. The second kappa shape index (κ2) is 6.70. The van der Waals surface area contributed by atoms with Crippen LogP contribution in [0.3, 0.4) is 0 Å². The topological polar surface area (TPSA) is 64.3 Å². The Bertz CT molecular complexity index is 675. The molecule has 0 heterocycles. The molecule has 0 aromatic heterocycles. The molecule has 0 saturated heterocycles. The molecular weight excluding hydrogens is 311 g/mol. The predicted molar refractivity (Wildman–Crippen MR) is 85.0 cm³/mol. The van der Waals surface area contributed by atoms with Crippen LogP contribution < -0.4 is 15.8 Å². The van der Waals surface area contributed by atoms with Crippen molar-refractivity contribution in [3.63, 3.8) is 0 Å². The predicted octanol–water partition coefficient (Wildman–Crippen LogP) is 3.51. The van der Waals surface area contributed by atoms with Gasteiger partial charge in [-0.25, -0.2) is 0 Å². The molecule has 2 aromatic rings. The van der Waals surface area contributed by atoms with Gasteiger partial charge in [0.1, 0.15) is 5.75 Å². The van der Waals surface area contributed by atoms with Crippen LogP contribution in [0.4, 0.5) is 5.69 Å². The molecule has 0 fully saturated rings. The molecule has 0 aliphatic rings. The van der Waals surface area contributed by atoms with Crippen LogP contribution in [-0.2, 0) is 6.54 Å². The number of nitrogens with two attached hydrogens (primary N) is 1. The first-order valence-electron chi connectivity index (χ1n) is 6.17. The van der Waals surface area contributed by atoms with Crippen LogP contribution >= 0.6 is 23.2 Å². The van der Waals surface area contributed by atoms with Crippen molar-refractivity contribution in [2.45, 2.75) is 6.54 Å². The lowest BCUT2D eigenvalue weighted by atomic mass is 10.1. The summed E-state index contributed by atoms with van der Waals surface area (Å²) in [6, 6.07) is 10.4. The first kappa shape index (κ1) is 15.5. The Morgan fingerprint density at radius 3 is 2.76 bits per heavy atom. The van der Waals surface area contributed by atoms with Crippen LogP contribution in [0.15, 0.2) is 36.4 Å². The maximum Gasteiger partial charge on any atom is 0.253 e. The lowest BCUT2D eigenvalue weighted by Gasteiger charge is -2.09. The zero-order chi connectivity index (χ0) is 15.4. The molecule has 6 heteroatoms. The molecule has 0 bridgehead atoms. The van der Waals surface area contributed by atoms with E-state index < -0.39 is 0 Å². The van der Waals surface area contributed by atoms with E-state index in [1.165, 1.54) is 12.1 Å². The minimum Gasteiger partial charge on any atom is -0.497 e. The summed E-state index contributed by atoms with van der Waals surface area (Å²) in [4.78, 5) is 12.2. The van der Waals surface area contributed by atoms with Gasteiger partial charge in [0.15, 0.2) is 0 Å². The van der Waals surface area contributed by atoms with Gasteiger partial charge in [-0.05, 0) is 29.8 Å². The molecule has 1 amide bonds. The van der Waals surface area contributed by atoms with E-state index in [1.807, 2.05) is 24.3 Å². The number of halogens is 2. The summed E-state index contributed by atoms with van der Waals surface area (Å²) >= 11 is 11.9. The Balaban J connectivity index is 2.11. The average molecular weight is 325 g/mol. The van der Waals surface area contributed by atoms with Crippen molar-refractivity contribution in [2.75, 3.05) is 12.8 Å². The van der Waals surface area contributed by atoms with Gasteiger partial charge in [0.05, 0.1) is 22.7 Å². The Kier molecular flexibility index (Phi) is 4.94. The lowest BCUT2D eigenvalue weighted by molar-refractivity contribution is 0.0951. The van der Waals surface area contributed by atoms with Crippen molar-refractivity contribution >= 4 is 34.8 Å². The van der Waals surface area contributed by atoms with Gasteiger partial charge in [-0.1, -0.05) is 35.3 Å². The van der Waals surface area contributed by atoms with E-state index in [9.17, 15) is 4.79 Å². The Labute approximate surface area is 132 Å². The van der Waals surface area contributed by atoms with Gasteiger partial charge in [-0.2, -0.15) is 0 Å². The van der Waals surface area contributed by atoms with Gasteiger partial charge in [0, 0.05) is 12.2 Å². The van der Waals surface area contributed by atoms with Gasteiger partial charge in [-0.3, -0.25) is 4.79 Å². The van der Waals surface area contributed by atoms with Crippen LogP contribution in [0.5, 0.6) is 5.75 Å². The van der Waals surface area contributed by atoms with Crippen molar-refractivity contribution in [3.8, 4) is 5.75 Å². The molecule has 0 saturated carbocycles. The number of hydrogen-bond acceptors (Lipinski definition) is 3. The second-order valence-electron chi connectivity index (χ2n) is 4.40. The van der Waals surface area contributed by atoms with Crippen molar-refractivity contribution in [1.82, 2.24) is 5.32 Å². The molecule has 110 valence electrons. The van der Waals surface area contributed by atoms with E-state index >= 15 is 0 Å². The quantitative estimate of drug-likeness (QED) is 0.846. The minimum atomic E-state index is -0.336. The van der Waals surface area contributed by atoms with E-state index in [0.717, 1.165) is 11.3 Å². The number of nitrogen functional groups attached to an aromatic ring is 1. The van der Waals surface area contributed by atoms with Crippen LogP contribution in [0.25, 0.3) is 0 Å². The normalized spacial score (nSPS) is 10.2. The molecule has 2 rings (SSSR count). The van der Waals surface area contributed by atoms with Gasteiger partial charge in [0.2, 0.25) is 0 Å². The number of anilines is 1. The highest BCUT2D eigenvalue weighted by Crippen LogP contribution is 2.28. The van der Waals surface area contributed by atoms with Crippen LogP contribution in [0.1, 0.15) is 15.9 Å². The highest BCUT2D eigenvalue weighted by molar-refractivity contribution is 6.44. The fourth-order valence-corrected chi connectivity index (χ4v) is 2.26. The summed E-state index contributed by atoms with van der Waals surface area (Å²) in [6.07, 6.45) is 0. The first-order chi connectivity index (χ1) is 10.0. The summed E-state index contributed by atoms with van der Waals surface area (Å²) in [6.45, 7) is 0.346. The second-order valence-corrected chi connectivity index (χ2v) is 5.18. The molecule has 0 aliphatic heterocycles. The molecule has 2 aromatic carbocycles. The molecule has 0 radical (unpaired) electrons. The number of hydrogen-bond donors (Lipinski definition) is 2. The van der Waals surface area contributed by atoms with Crippen LogP contribution in [-0.4, -0.2) is 13.0 Å². The summed E-state index contributed by atoms with van der Waals surface area (Å²) in [5.41, 5.74) is 7.22. The van der Waals surface area contributed by atoms with E-state index in [4.69, 9.17) is 33.7 Å². The Hall–Kier alpha value is -1.91. The van der Waals surface area contributed by atoms with Crippen molar-refractivity contribution in [1.29, 1.82) is 0 Å². The zero-order valence-electron chi connectivity index (χ0n) is 11.3. The fourth-order valence-electron chi connectivity index (χ4n) is 1.84. The van der Waals surface area contributed by atoms with E-state index in [1.54, 1.807) is 7.11 Å². The zero-order valence-corrected chi connectivity index (χ0v) is 12.8. The average Bonchev–Trinajstić information content (AvgIpc) is 2.48. The van der Waals surface area contributed by atoms with Crippen molar-refractivity contribution < 1.29 is 9.53 Å². The maximum atomic E-state index is 12.2. The summed E-state index contributed by atoms with van der Waals surface area (Å²) in [5.74, 6) is 0.392. The lowest BCUT2D eigenvalue weighted by Crippen LogP contribution is -2.23. The maximum absolute atomic E-state index is 12.2. The molecule has 0 spiro atoms. The molecule has 0 atom stereocenters. The summed E-state index contributed by atoms with van der Waals surface area (Å²) in [5, 5.41) is 3.21. The molecule has 21 heavy (non-hydrogen) atoms.